The number of halogens is 2. The van der Waals surface area contributed by atoms with Gasteiger partial charge in [0, 0.05) is 37.4 Å². The molecular formula is C22H22F2N2O4. The van der Waals surface area contributed by atoms with Crippen LogP contribution < -0.4 is 9.64 Å². The van der Waals surface area contributed by atoms with Crippen LogP contribution in [0.5, 0.6) is 5.75 Å². The van der Waals surface area contributed by atoms with Crippen LogP contribution in [0, 0.1) is 0 Å². The van der Waals surface area contributed by atoms with Gasteiger partial charge in [0.2, 0.25) is 0 Å². The number of hydrogen-bond acceptors (Lipinski definition) is 5. The zero-order valence-electron chi connectivity index (χ0n) is 16.2. The first-order valence-electron chi connectivity index (χ1n) is 9.48. The molecule has 1 amide bonds. The van der Waals surface area contributed by atoms with Gasteiger partial charge in [0.1, 0.15) is 12.4 Å². The van der Waals surface area contributed by atoms with Crippen LogP contribution in [0.1, 0.15) is 15.9 Å². The number of alkyl halides is 2. The Morgan fingerprint density at radius 2 is 1.70 bits per heavy atom. The Labute approximate surface area is 173 Å². The van der Waals surface area contributed by atoms with E-state index in [2.05, 4.69) is 9.64 Å². The van der Waals surface area contributed by atoms with Gasteiger partial charge >= 0.3 is 6.61 Å². The van der Waals surface area contributed by atoms with E-state index in [1.165, 1.54) is 30.3 Å². The zero-order valence-corrected chi connectivity index (χ0v) is 16.2. The quantitative estimate of drug-likeness (QED) is 0.703. The number of carbonyl (C=O) groups excluding carboxylic acids is 2. The minimum absolute atomic E-state index is 0.00992. The van der Waals surface area contributed by atoms with Crippen molar-refractivity contribution in [1.29, 1.82) is 0 Å². The van der Waals surface area contributed by atoms with Gasteiger partial charge < -0.3 is 19.6 Å². The first-order valence-corrected chi connectivity index (χ1v) is 9.48. The van der Waals surface area contributed by atoms with Crippen LogP contribution in [0.25, 0.3) is 6.08 Å². The zero-order chi connectivity index (χ0) is 21.5. The molecule has 0 bridgehead atoms. The van der Waals surface area contributed by atoms with Crippen molar-refractivity contribution in [3.8, 4) is 5.75 Å². The molecular weight excluding hydrogens is 394 g/mol. The Morgan fingerprint density at radius 1 is 1.03 bits per heavy atom. The van der Waals surface area contributed by atoms with Gasteiger partial charge in [0.05, 0.1) is 0 Å². The van der Waals surface area contributed by atoms with Crippen molar-refractivity contribution in [1.82, 2.24) is 4.90 Å². The van der Waals surface area contributed by atoms with E-state index in [-0.39, 0.29) is 17.4 Å². The summed E-state index contributed by atoms with van der Waals surface area (Å²) in [5.74, 6) is -0.527. The smallest absolute Gasteiger partial charge is 0.387 e. The molecule has 0 atom stereocenters. The second kappa shape index (κ2) is 9.98. The van der Waals surface area contributed by atoms with Gasteiger partial charge in [0.25, 0.3) is 5.91 Å². The van der Waals surface area contributed by atoms with Gasteiger partial charge in [-0.3, -0.25) is 9.59 Å². The third-order valence-corrected chi connectivity index (χ3v) is 4.78. The number of rotatable bonds is 7. The van der Waals surface area contributed by atoms with Crippen molar-refractivity contribution in [3.63, 3.8) is 0 Å². The number of ether oxygens (including phenoxy) is 1. The lowest BCUT2D eigenvalue weighted by atomic mass is 10.1. The van der Waals surface area contributed by atoms with E-state index >= 15 is 0 Å². The maximum Gasteiger partial charge on any atom is 0.387 e. The molecule has 1 aliphatic heterocycles. The van der Waals surface area contributed by atoms with Crippen LogP contribution >= 0.6 is 0 Å². The second-order valence-corrected chi connectivity index (χ2v) is 6.70. The minimum Gasteiger partial charge on any atom is -0.435 e. The molecule has 3 rings (SSSR count). The summed E-state index contributed by atoms with van der Waals surface area (Å²) in [5.41, 5.74) is 2.21. The molecule has 30 heavy (non-hydrogen) atoms. The average Bonchev–Trinajstić information content (AvgIpc) is 2.77. The molecule has 0 unspecified atom stereocenters. The van der Waals surface area contributed by atoms with Crippen molar-refractivity contribution < 1.29 is 28.2 Å². The Morgan fingerprint density at radius 3 is 2.33 bits per heavy atom. The highest BCUT2D eigenvalue weighted by atomic mass is 19.3. The summed E-state index contributed by atoms with van der Waals surface area (Å²) in [6, 6.07) is 13.3. The summed E-state index contributed by atoms with van der Waals surface area (Å²) >= 11 is 0. The Kier molecular flexibility index (Phi) is 7.13. The third-order valence-electron chi connectivity index (χ3n) is 4.78. The average molecular weight is 416 g/mol. The molecule has 8 heteroatoms. The lowest BCUT2D eigenvalue weighted by Gasteiger charge is -2.36. The largest absolute Gasteiger partial charge is 0.435 e. The second-order valence-electron chi connectivity index (χ2n) is 6.70. The number of anilines is 1. The number of amides is 1. The molecule has 1 aliphatic rings. The summed E-state index contributed by atoms with van der Waals surface area (Å²) in [6.07, 6.45) is 3.02. The summed E-state index contributed by atoms with van der Waals surface area (Å²) < 4.78 is 28.8. The van der Waals surface area contributed by atoms with Crippen LogP contribution in [0.15, 0.2) is 54.6 Å². The fourth-order valence-electron chi connectivity index (χ4n) is 3.26. The molecule has 1 fully saturated rings. The van der Waals surface area contributed by atoms with Crippen molar-refractivity contribution in [2.45, 2.75) is 6.61 Å². The first-order chi connectivity index (χ1) is 14.5. The molecule has 0 saturated carbocycles. The Balaban J connectivity index is 1.63. The molecule has 0 spiro atoms. The van der Waals surface area contributed by atoms with Gasteiger partial charge in [-0.2, -0.15) is 8.78 Å². The van der Waals surface area contributed by atoms with E-state index in [0.29, 0.717) is 31.7 Å². The normalized spacial score (nSPS) is 14.4. The number of carbonyl (C=O) groups is 2. The Hall–Kier alpha value is -3.26. The van der Waals surface area contributed by atoms with Crippen LogP contribution in [0.2, 0.25) is 0 Å². The maximum absolute atomic E-state index is 12.7. The molecule has 1 N–H and O–H groups in total. The van der Waals surface area contributed by atoms with E-state index in [0.717, 1.165) is 11.3 Å². The van der Waals surface area contributed by atoms with Crippen molar-refractivity contribution >= 4 is 23.5 Å². The highest BCUT2D eigenvalue weighted by Gasteiger charge is 2.23. The lowest BCUT2D eigenvalue weighted by Crippen LogP contribution is -2.49. The van der Waals surface area contributed by atoms with Crippen molar-refractivity contribution in [2.24, 2.45) is 0 Å². The van der Waals surface area contributed by atoms with Crippen molar-refractivity contribution in [2.75, 3.05) is 37.7 Å². The fourth-order valence-corrected chi connectivity index (χ4v) is 3.26. The Bertz CT molecular complexity index is 908. The van der Waals surface area contributed by atoms with E-state index in [4.69, 9.17) is 5.11 Å². The summed E-state index contributed by atoms with van der Waals surface area (Å²) in [5, 5.41) is 8.87. The number of hydrogen-bond donors (Lipinski definition) is 1. The molecule has 158 valence electrons. The standard InChI is InChI=1S/C22H22F2N2O4/c23-22(24)30-19-9-6-17(7-10-19)21(29)26-13-11-25(12-14-26)20-4-2-1-3-16(20)5-8-18(28)15-27/h1-10,22,27H,11-15H2/b8-5+. The molecule has 2 aromatic carbocycles. The van der Waals surface area contributed by atoms with Gasteiger partial charge in [-0.15, -0.1) is 0 Å². The van der Waals surface area contributed by atoms with Gasteiger partial charge in [-0.25, -0.2) is 0 Å². The van der Waals surface area contributed by atoms with Gasteiger partial charge in [-0.05, 0) is 48.0 Å². The number of nitrogens with zero attached hydrogens (tertiary/aromatic N) is 2. The molecule has 6 nitrogen and oxygen atoms in total. The number of ketones is 1. The fraction of sp³-hybridized carbons (Fsp3) is 0.273. The van der Waals surface area contributed by atoms with Gasteiger partial charge in [0.15, 0.2) is 5.78 Å². The SMILES string of the molecule is O=C(/C=C/c1ccccc1N1CCN(C(=O)c2ccc(OC(F)F)cc2)CC1)CO. The van der Waals surface area contributed by atoms with E-state index < -0.39 is 13.2 Å². The number of piperazine rings is 1. The lowest BCUT2D eigenvalue weighted by molar-refractivity contribution is -0.117. The first kappa shape index (κ1) is 21.4. The van der Waals surface area contributed by atoms with Crippen molar-refractivity contribution in [3.05, 3.63) is 65.7 Å². The molecule has 0 radical (unpaired) electrons. The maximum atomic E-state index is 12.7. The minimum atomic E-state index is -2.90. The summed E-state index contributed by atoms with van der Waals surface area (Å²) in [7, 11) is 0. The molecule has 1 saturated heterocycles. The number of para-hydroxylation sites is 1. The number of benzene rings is 2. The third kappa shape index (κ3) is 5.42. The number of aliphatic hydroxyl groups is 1. The predicted octanol–water partition coefficient (Wildman–Crippen LogP) is 2.83. The highest BCUT2D eigenvalue weighted by Crippen LogP contribution is 2.24. The molecule has 0 aliphatic carbocycles. The molecule has 0 aromatic heterocycles. The summed E-state index contributed by atoms with van der Waals surface area (Å²) in [4.78, 5) is 27.9. The van der Waals surface area contributed by atoms with E-state index in [1.807, 2.05) is 24.3 Å². The van der Waals surface area contributed by atoms with E-state index in [9.17, 15) is 18.4 Å². The topological polar surface area (TPSA) is 70.1 Å². The number of aliphatic hydroxyl groups excluding tert-OH is 1. The van der Waals surface area contributed by atoms with Crippen LogP contribution in [0.4, 0.5) is 14.5 Å². The van der Waals surface area contributed by atoms with E-state index in [1.54, 1.807) is 11.0 Å². The monoisotopic (exact) mass is 416 g/mol. The van der Waals surface area contributed by atoms with Crippen LogP contribution in [-0.2, 0) is 4.79 Å². The van der Waals surface area contributed by atoms with Gasteiger partial charge in [-0.1, -0.05) is 18.2 Å². The molecule has 1 heterocycles. The van der Waals surface area contributed by atoms with Crippen LogP contribution in [0.3, 0.4) is 0 Å². The molecule has 2 aromatic rings. The predicted molar refractivity (Wildman–Crippen MR) is 109 cm³/mol. The summed E-state index contributed by atoms with van der Waals surface area (Å²) in [6.45, 7) is -1.22. The van der Waals surface area contributed by atoms with Crippen LogP contribution in [-0.4, -0.2) is 61.1 Å². The highest BCUT2D eigenvalue weighted by molar-refractivity contribution is 5.95.